The number of hydrazone groups is 1. The molecule has 0 saturated heterocycles. The van der Waals surface area contributed by atoms with Gasteiger partial charge in [-0.3, -0.25) is 0 Å². The van der Waals surface area contributed by atoms with Gasteiger partial charge in [-0.1, -0.05) is 27.7 Å². The fourth-order valence-corrected chi connectivity index (χ4v) is 2.53. The quantitative estimate of drug-likeness (QED) is 0.505. The van der Waals surface area contributed by atoms with Gasteiger partial charge < -0.3 is 14.3 Å². The Morgan fingerprint density at radius 2 is 1.89 bits per heavy atom. The third-order valence-corrected chi connectivity index (χ3v) is 3.84. The van der Waals surface area contributed by atoms with Crippen LogP contribution in [0.2, 0.25) is 0 Å². The standard InChI is InChI=1S/C18H27N5O2.C2H6/c1-5-9-23(10-6-2)16-12-15(20-18(24)21-16)7-8-19-22-17-11-13(3)14(4)25-17;1-2/h8,11-12,22H,5-7,9-10H2,1-4H3,(H,20,21,24);1-2H3/b19-8+;. The van der Waals surface area contributed by atoms with Gasteiger partial charge in [-0.2, -0.15) is 10.1 Å². The number of nitrogens with one attached hydrogen (secondary N) is 2. The summed E-state index contributed by atoms with van der Waals surface area (Å²) in [6.07, 6.45) is 4.23. The molecule has 0 amide bonds. The van der Waals surface area contributed by atoms with Gasteiger partial charge in [0.1, 0.15) is 11.6 Å². The van der Waals surface area contributed by atoms with E-state index < -0.39 is 0 Å². The summed E-state index contributed by atoms with van der Waals surface area (Å²) in [6, 6.07) is 3.81. The maximum atomic E-state index is 11.9. The highest BCUT2D eigenvalue weighted by atomic mass is 16.4. The zero-order valence-corrected chi connectivity index (χ0v) is 17.4. The number of nitrogens with zero attached hydrogens (tertiary/aromatic N) is 3. The number of aryl methyl sites for hydroxylation is 2. The Morgan fingerprint density at radius 1 is 1.22 bits per heavy atom. The molecule has 0 aliphatic rings. The molecule has 0 radical (unpaired) electrons. The fraction of sp³-hybridized carbons (Fsp3) is 0.550. The summed E-state index contributed by atoms with van der Waals surface area (Å²) in [4.78, 5) is 20.9. The smallest absolute Gasteiger partial charge is 0.347 e. The molecule has 0 aliphatic carbocycles. The van der Waals surface area contributed by atoms with Crippen molar-refractivity contribution in [2.45, 2.75) is 60.8 Å². The summed E-state index contributed by atoms with van der Waals surface area (Å²) in [6.45, 7) is 13.9. The number of aromatic nitrogens is 2. The van der Waals surface area contributed by atoms with Crippen molar-refractivity contribution in [2.24, 2.45) is 5.10 Å². The van der Waals surface area contributed by atoms with Crippen molar-refractivity contribution >= 4 is 17.9 Å². The normalized spacial score (nSPS) is 10.6. The minimum absolute atomic E-state index is 0.330. The lowest BCUT2D eigenvalue weighted by Gasteiger charge is -2.22. The molecule has 0 unspecified atom stereocenters. The maximum absolute atomic E-state index is 11.9. The van der Waals surface area contributed by atoms with Gasteiger partial charge in [0.25, 0.3) is 0 Å². The van der Waals surface area contributed by atoms with Gasteiger partial charge in [0.05, 0.1) is 0 Å². The van der Waals surface area contributed by atoms with E-state index in [1.54, 1.807) is 6.21 Å². The van der Waals surface area contributed by atoms with Crippen molar-refractivity contribution in [3.05, 3.63) is 39.6 Å². The highest BCUT2D eigenvalue weighted by Crippen LogP contribution is 2.17. The molecule has 2 rings (SSSR count). The first-order valence-electron chi connectivity index (χ1n) is 9.73. The van der Waals surface area contributed by atoms with Gasteiger partial charge in [0.2, 0.25) is 5.88 Å². The molecular formula is C20H33N5O2. The molecule has 0 saturated carbocycles. The summed E-state index contributed by atoms with van der Waals surface area (Å²) in [5.74, 6) is 2.20. The van der Waals surface area contributed by atoms with Crippen LogP contribution in [0.3, 0.4) is 0 Å². The van der Waals surface area contributed by atoms with Crippen LogP contribution in [0.15, 0.2) is 26.4 Å². The predicted octanol–water partition coefficient (Wildman–Crippen LogP) is 4.27. The van der Waals surface area contributed by atoms with E-state index in [9.17, 15) is 4.79 Å². The average Bonchev–Trinajstić information content (AvgIpc) is 2.97. The van der Waals surface area contributed by atoms with Crippen LogP contribution >= 0.6 is 0 Å². The zero-order chi connectivity index (χ0) is 20.2. The lowest BCUT2D eigenvalue weighted by atomic mass is 10.3. The minimum Gasteiger partial charge on any atom is -0.444 e. The van der Waals surface area contributed by atoms with E-state index in [-0.39, 0.29) is 5.69 Å². The third-order valence-electron chi connectivity index (χ3n) is 3.84. The molecule has 27 heavy (non-hydrogen) atoms. The highest BCUT2D eigenvalue weighted by molar-refractivity contribution is 5.62. The highest BCUT2D eigenvalue weighted by Gasteiger charge is 2.08. The lowest BCUT2D eigenvalue weighted by molar-refractivity contribution is 0.545. The van der Waals surface area contributed by atoms with E-state index in [4.69, 9.17) is 4.42 Å². The monoisotopic (exact) mass is 375 g/mol. The van der Waals surface area contributed by atoms with E-state index in [0.717, 1.165) is 48.8 Å². The Balaban J connectivity index is 0.00000176. The average molecular weight is 376 g/mol. The number of hydrogen-bond acceptors (Lipinski definition) is 6. The summed E-state index contributed by atoms with van der Waals surface area (Å²) in [5, 5.41) is 4.14. The van der Waals surface area contributed by atoms with Crippen LogP contribution in [0.4, 0.5) is 11.7 Å². The van der Waals surface area contributed by atoms with Gasteiger partial charge in [-0.15, -0.1) is 0 Å². The summed E-state index contributed by atoms with van der Waals surface area (Å²) in [7, 11) is 0. The number of aromatic amines is 1. The first kappa shape index (κ1) is 22.5. The molecule has 0 atom stereocenters. The van der Waals surface area contributed by atoms with Crippen LogP contribution in [0.25, 0.3) is 0 Å². The van der Waals surface area contributed by atoms with Crippen molar-refractivity contribution in [2.75, 3.05) is 23.4 Å². The Morgan fingerprint density at radius 3 is 2.44 bits per heavy atom. The molecule has 0 aromatic carbocycles. The van der Waals surface area contributed by atoms with Gasteiger partial charge >= 0.3 is 5.69 Å². The van der Waals surface area contributed by atoms with Crippen LogP contribution in [0.1, 0.15) is 57.6 Å². The molecule has 0 fully saturated rings. The second-order valence-electron chi connectivity index (χ2n) is 6.03. The van der Waals surface area contributed by atoms with Crippen molar-refractivity contribution in [1.82, 2.24) is 9.97 Å². The summed E-state index contributed by atoms with van der Waals surface area (Å²) < 4.78 is 5.49. The SMILES string of the molecule is CC.CCCN(CCC)c1cc(C/C=N/Nc2cc(C)c(C)o2)[nH]c(=O)n1. The van der Waals surface area contributed by atoms with E-state index in [0.29, 0.717) is 12.3 Å². The van der Waals surface area contributed by atoms with Crippen LogP contribution in [0, 0.1) is 13.8 Å². The Labute approximate surface area is 161 Å². The minimum atomic E-state index is -0.330. The van der Waals surface area contributed by atoms with Crippen molar-refractivity contribution in [3.8, 4) is 0 Å². The molecule has 150 valence electrons. The molecule has 2 N–H and O–H groups in total. The van der Waals surface area contributed by atoms with Crippen molar-refractivity contribution in [1.29, 1.82) is 0 Å². The van der Waals surface area contributed by atoms with Crippen molar-refractivity contribution < 1.29 is 4.42 Å². The fourth-order valence-electron chi connectivity index (χ4n) is 2.53. The molecule has 2 heterocycles. The molecule has 7 nitrogen and oxygen atoms in total. The van der Waals surface area contributed by atoms with E-state index in [1.807, 2.05) is 39.8 Å². The third kappa shape index (κ3) is 7.29. The van der Waals surface area contributed by atoms with Crippen LogP contribution in [-0.4, -0.2) is 29.3 Å². The number of H-pyrrole nitrogens is 1. The maximum Gasteiger partial charge on any atom is 0.347 e. The largest absolute Gasteiger partial charge is 0.444 e. The van der Waals surface area contributed by atoms with Crippen LogP contribution in [-0.2, 0) is 6.42 Å². The molecule has 2 aromatic heterocycles. The molecular weight excluding hydrogens is 342 g/mol. The Kier molecular flexibility index (Phi) is 9.93. The van der Waals surface area contributed by atoms with Gasteiger partial charge in [-0.05, 0) is 32.3 Å². The van der Waals surface area contributed by atoms with Crippen LogP contribution in [0.5, 0.6) is 0 Å². The topological polar surface area (TPSA) is 86.5 Å². The first-order chi connectivity index (χ1) is 13.0. The van der Waals surface area contributed by atoms with E-state index >= 15 is 0 Å². The molecule has 0 aliphatic heterocycles. The number of anilines is 2. The summed E-state index contributed by atoms with van der Waals surface area (Å²) >= 11 is 0. The van der Waals surface area contributed by atoms with E-state index in [2.05, 4.69) is 39.2 Å². The Bertz CT molecular complexity index is 738. The zero-order valence-electron chi connectivity index (χ0n) is 17.4. The van der Waals surface area contributed by atoms with Gasteiger partial charge in [0.15, 0.2) is 0 Å². The first-order valence-corrected chi connectivity index (χ1v) is 9.73. The molecule has 2 aromatic rings. The number of rotatable bonds is 9. The van der Waals surface area contributed by atoms with Crippen LogP contribution < -0.4 is 16.0 Å². The second-order valence-corrected chi connectivity index (χ2v) is 6.03. The molecule has 7 heteroatoms. The van der Waals surface area contributed by atoms with Gasteiger partial charge in [-0.25, -0.2) is 10.2 Å². The molecule has 0 spiro atoms. The molecule has 0 bridgehead atoms. The Hall–Kier alpha value is -2.57. The summed E-state index contributed by atoms with van der Waals surface area (Å²) in [5.41, 5.74) is 4.38. The second kappa shape index (κ2) is 11.9. The number of hydrogen-bond donors (Lipinski definition) is 2. The number of furan rings is 1. The van der Waals surface area contributed by atoms with Crippen molar-refractivity contribution in [3.63, 3.8) is 0 Å². The lowest BCUT2D eigenvalue weighted by Crippen LogP contribution is -2.29. The van der Waals surface area contributed by atoms with Gasteiger partial charge in [0, 0.05) is 43.6 Å². The van der Waals surface area contributed by atoms with E-state index in [1.165, 1.54) is 0 Å². The predicted molar refractivity (Wildman–Crippen MR) is 113 cm³/mol.